The predicted octanol–water partition coefficient (Wildman–Crippen LogP) is 1.25. The van der Waals surface area contributed by atoms with E-state index >= 15 is 0 Å². The van der Waals surface area contributed by atoms with E-state index in [1.54, 1.807) is 0 Å². The molecule has 1 saturated heterocycles. The summed E-state index contributed by atoms with van der Waals surface area (Å²) in [6, 6.07) is 0. The standard InChI is InChI=1S/C14H23NO5S/c16-12(17)10-14(7-3-1-4-8-14)15-13(18)11-6-2-5-9-21(11,19)20/h11H,1-10H2,(H,15,18)(H,16,17). The Kier molecular flexibility index (Phi) is 4.91. The maximum absolute atomic E-state index is 12.4. The molecule has 0 radical (unpaired) electrons. The molecule has 0 aromatic heterocycles. The van der Waals surface area contributed by atoms with Crippen LogP contribution in [0.3, 0.4) is 0 Å². The number of rotatable bonds is 4. The van der Waals surface area contributed by atoms with Crippen LogP contribution in [0.1, 0.15) is 57.8 Å². The molecule has 1 heterocycles. The average molecular weight is 317 g/mol. The molecule has 1 amide bonds. The van der Waals surface area contributed by atoms with Gasteiger partial charge in [-0.25, -0.2) is 8.42 Å². The minimum atomic E-state index is -3.39. The van der Waals surface area contributed by atoms with Crippen LogP contribution in [0.4, 0.5) is 0 Å². The monoisotopic (exact) mass is 317 g/mol. The molecule has 1 atom stereocenters. The Hall–Kier alpha value is -1.11. The lowest BCUT2D eigenvalue weighted by Crippen LogP contribution is -2.55. The molecule has 0 aromatic carbocycles. The molecular weight excluding hydrogens is 294 g/mol. The summed E-state index contributed by atoms with van der Waals surface area (Å²) in [6.45, 7) is 0. The van der Waals surface area contributed by atoms with E-state index in [9.17, 15) is 18.0 Å². The molecule has 0 bridgehead atoms. The van der Waals surface area contributed by atoms with Crippen LogP contribution in [-0.4, -0.2) is 41.9 Å². The van der Waals surface area contributed by atoms with Gasteiger partial charge in [0.2, 0.25) is 5.91 Å². The molecule has 7 heteroatoms. The van der Waals surface area contributed by atoms with Crippen LogP contribution in [-0.2, 0) is 19.4 Å². The van der Waals surface area contributed by atoms with E-state index in [0.29, 0.717) is 25.7 Å². The number of carbonyl (C=O) groups excluding carboxylic acids is 1. The second-order valence-electron chi connectivity index (χ2n) is 6.25. The second kappa shape index (κ2) is 6.34. The number of carboxylic acids is 1. The van der Waals surface area contributed by atoms with Gasteiger partial charge in [-0.1, -0.05) is 25.7 Å². The zero-order chi connectivity index (χ0) is 15.5. The second-order valence-corrected chi connectivity index (χ2v) is 8.56. The van der Waals surface area contributed by atoms with Crippen molar-refractivity contribution in [1.29, 1.82) is 0 Å². The quantitative estimate of drug-likeness (QED) is 0.812. The van der Waals surface area contributed by atoms with E-state index in [1.165, 1.54) is 0 Å². The fourth-order valence-electron chi connectivity index (χ4n) is 3.45. The van der Waals surface area contributed by atoms with Gasteiger partial charge in [-0.2, -0.15) is 0 Å². The zero-order valence-electron chi connectivity index (χ0n) is 12.1. The van der Waals surface area contributed by atoms with Gasteiger partial charge in [-0.15, -0.1) is 0 Å². The molecule has 21 heavy (non-hydrogen) atoms. The summed E-state index contributed by atoms with van der Waals surface area (Å²) in [5, 5.41) is 10.9. The van der Waals surface area contributed by atoms with Crippen LogP contribution >= 0.6 is 0 Å². The molecular formula is C14H23NO5S. The van der Waals surface area contributed by atoms with Crippen molar-refractivity contribution in [3.05, 3.63) is 0 Å². The van der Waals surface area contributed by atoms with E-state index in [4.69, 9.17) is 5.11 Å². The molecule has 0 aromatic rings. The summed E-state index contributed by atoms with van der Waals surface area (Å²) in [7, 11) is -3.39. The number of carboxylic acid groups (broad SMARTS) is 1. The average Bonchev–Trinajstić information content (AvgIpc) is 2.37. The van der Waals surface area contributed by atoms with Crippen molar-refractivity contribution in [3.63, 3.8) is 0 Å². The summed E-state index contributed by atoms with van der Waals surface area (Å²) >= 11 is 0. The largest absolute Gasteiger partial charge is 0.481 e. The van der Waals surface area contributed by atoms with Gasteiger partial charge in [0.15, 0.2) is 9.84 Å². The van der Waals surface area contributed by atoms with Gasteiger partial charge >= 0.3 is 5.97 Å². The maximum Gasteiger partial charge on any atom is 0.305 e. The first-order valence-corrected chi connectivity index (χ1v) is 9.32. The van der Waals surface area contributed by atoms with Gasteiger partial charge in [0.25, 0.3) is 0 Å². The van der Waals surface area contributed by atoms with Crippen LogP contribution in [0.5, 0.6) is 0 Å². The van der Waals surface area contributed by atoms with Crippen LogP contribution in [0, 0.1) is 0 Å². The number of amides is 1. The molecule has 2 fully saturated rings. The third-order valence-electron chi connectivity index (χ3n) is 4.56. The predicted molar refractivity (Wildman–Crippen MR) is 77.6 cm³/mol. The molecule has 1 aliphatic heterocycles. The Bertz CT molecular complexity index is 507. The lowest BCUT2D eigenvalue weighted by molar-refractivity contribution is -0.139. The first-order chi connectivity index (χ1) is 9.85. The number of hydrogen-bond acceptors (Lipinski definition) is 4. The SMILES string of the molecule is O=C(O)CC1(NC(=O)C2CCCCS2(=O)=O)CCCCC1. The Morgan fingerprint density at radius 2 is 1.76 bits per heavy atom. The molecule has 6 nitrogen and oxygen atoms in total. The molecule has 1 unspecified atom stereocenters. The van der Waals surface area contributed by atoms with Crippen molar-refractivity contribution < 1.29 is 23.1 Å². The Morgan fingerprint density at radius 3 is 2.33 bits per heavy atom. The first-order valence-electron chi connectivity index (χ1n) is 7.60. The van der Waals surface area contributed by atoms with Crippen molar-refractivity contribution in [1.82, 2.24) is 5.32 Å². The van der Waals surface area contributed by atoms with Crippen molar-refractivity contribution in [2.24, 2.45) is 0 Å². The highest BCUT2D eigenvalue weighted by atomic mass is 32.2. The van der Waals surface area contributed by atoms with E-state index in [2.05, 4.69) is 5.32 Å². The number of carbonyl (C=O) groups is 2. The minimum absolute atomic E-state index is 0.0526. The highest BCUT2D eigenvalue weighted by Gasteiger charge is 2.41. The van der Waals surface area contributed by atoms with E-state index < -0.39 is 32.5 Å². The van der Waals surface area contributed by atoms with Crippen LogP contribution < -0.4 is 5.32 Å². The Labute approximate surface area is 125 Å². The number of nitrogens with one attached hydrogen (secondary N) is 1. The Balaban J connectivity index is 2.12. The molecule has 120 valence electrons. The maximum atomic E-state index is 12.4. The minimum Gasteiger partial charge on any atom is -0.481 e. The fourth-order valence-corrected chi connectivity index (χ4v) is 5.26. The summed E-state index contributed by atoms with van der Waals surface area (Å²) in [4.78, 5) is 23.5. The Morgan fingerprint density at radius 1 is 1.10 bits per heavy atom. The number of aliphatic carboxylic acids is 1. The highest BCUT2D eigenvalue weighted by Crippen LogP contribution is 2.32. The normalized spacial score (nSPS) is 27.7. The summed E-state index contributed by atoms with van der Waals surface area (Å²) in [5.41, 5.74) is -0.770. The zero-order valence-corrected chi connectivity index (χ0v) is 13.0. The molecule has 1 saturated carbocycles. The lowest BCUT2D eigenvalue weighted by Gasteiger charge is -2.38. The van der Waals surface area contributed by atoms with Gasteiger partial charge in [0, 0.05) is 0 Å². The molecule has 0 spiro atoms. The third kappa shape index (κ3) is 3.96. The highest BCUT2D eigenvalue weighted by molar-refractivity contribution is 7.92. The van der Waals surface area contributed by atoms with E-state index in [0.717, 1.165) is 25.7 Å². The van der Waals surface area contributed by atoms with Crippen molar-refractivity contribution in [2.75, 3.05) is 5.75 Å². The van der Waals surface area contributed by atoms with E-state index in [1.807, 2.05) is 0 Å². The molecule has 2 N–H and O–H groups in total. The van der Waals surface area contributed by atoms with Crippen molar-refractivity contribution in [2.45, 2.75) is 68.6 Å². The number of hydrogen-bond donors (Lipinski definition) is 2. The van der Waals surface area contributed by atoms with Crippen LogP contribution in [0.2, 0.25) is 0 Å². The van der Waals surface area contributed by atoms with Gasteiger partial charge in [-0.05, 0) is 25.7 Å². The smallest absolute Gasteiger partial charge is 0.305 e. The first kappa shape index (κ1) is 16.3. The van der Waals surface area contributed by atoms with Gasteiger partial charge in [0.05, 0.1) is 17.7 Å². The van der Waals surface area contributed by atoms with Gasteiger partial charge < -0.3 is 10.4 Å². The van der Waals surface area contributed by atoms with Gasteiger partial charge in [-0.3, -0.25) is 9.59 Å². The molecule has 2 rings (SSSR count). The van der Waals surface area contributed by atoms with Crippen LogP contribution in [0.25, 0.3) is 0 Å². The summed E-state index contributed by atoms with van der Waals surface area (Å²) in [5.74, 6) is -1.40. The summed E-state index contributed by atoms with van der Waals surface area (Å²) < 4.78 is 24.0. The third-order valence-corrected chi connectivity index (χ3v) is 6.73. The van der Waals surface area contributed by atoms with E-state index in [-0.39, 0.29) is 12.2 Å². The summed E-state index contributed by atoms with van der Waals surface area (Å²) in [6.07, 6.45) is 5.52. The molecule has 2 aliphatic rings. The van der Waals surface area contributed by atoms with Crippen molar-refractivity contribution in [3.8, 4) is 0 Å². The van der Waals surface area contributed by atoms with Gasteiger partial charge in [0.1, 0.15) is 5.25 Å². The lowest BCUT2D eigenvalue weighted by atomic mass is 9.79. The molecule has 1 aliphatic carbocycles. The van der Waals surface area contributed by atoms with Crippen LogP contribution in [0.15, 0.2) is 0 Å². The van der Waals surface area contributed by atoms with Crippen molar-refractivity contribution >= 4 is 21.7 Å². The topological polar surface area (TPSA) is 101 Å². The fraction of sp³-hybridized carbons (Fsp3) is 0.857. The number of sulfone groups is 1.